The fourth-order valence-electron chi connectivity index (χ4n) is 2.17. The summed E-state index contributed by atoms with van der Waals surface area (Å²) in [6, 6.07) is 3.88. The van der Waals surface area contributed by atoms with E-state index in [9.17, 15) is 0 Å². The predicted octanol–water partition coefficient (Wildman–Crippen LogP) is 2.43. The fourth-order valence-corrected chi connectivity index (χ4v) is 2.35. The molecular formula is C12H18ClN3. The summed E-state index contributed by atoms with van der Waals surface area (Å²) in [5, 5.41) is 0.664. The lowest BCUT2D eigenvalue weighted by Gasteiger charge is -2.18. The van der Waals surface area contributed by atoms with Gasteiger partial charge in [-0.2, -0.15) is 0 Å². The smallest absolute Gasteiger partial charge is 0.128 e. The monoisotopic (exact) mass is 239 g/mol. The Balaban J connectivity index is 2.15. The zero-order valence-electron chi connectivity index (χ0n) is 9.62. The maximum Gasteiger partial charge on any atom is 0.128 e. The van der Waals surface area contributed by atoms with Gasteiger partial charge in [0.25, 0.3) is 0 Å². The van der Waals surface area contributed by atoms with E-state index >= 15 is 0 Å². The van der Waals surface area contributed by atoms with Crippen molar-refractivity contribution in [3.63, 3.8) is 0 Å². The Morgan fingerprint density at radius 1 is 1.56 bits per heavy atom. The van der Waals surface area contributed by atoms with Gasteiger partial charge in [0.2, 0.25) is 0 Å². The predicted molar refractivity (Wildman–Crippen MR) is 67.7 cm³/mol. The van der Waals surface area contributed by atoms with Gasteiger partial charge in [0.15, 0.2) is 0 Å². The minimum Gasteiger partial charge on any atom is -0.356 e. The van der Waals surface area contributed by atoms with E-state index in [0.29, 0.717) is 11.6 Å². The first kappa shape index (κ1) is 11.7. The van der Waals surface area contributed by atoms with Gasteiger partial charge in [-0.05, 0) is 24.5 Å². The molecule has 1 aromatic heterocycles. The normalized spacial score (nSPS) is 20.4. The third-order valence-corrected chi connectivity index (χ3v) is 3.63. The van der Waals surface area contributed by atoms with Crippen LogP contribution in [0.1, 0.15) is 25.5 Å². The Hall–Kier alpha value is -0.800. The van der Waals surface area contributed by atoms with E-state index in [4.69, 9.17) is 17.3 Å². The van der Waals surface area contributed by atoms with Crippen LogP contribution in [0, 0.1) is 5.92 Å². The molecule has 16 heavy (non-hydrogen) atoms. The molecule has 1 aliphatic heterocycles. The molecule has 88 valence electrons. The van der Waals surface area contributed by atoms with Gasteiger partial charge in [0, 0.05) is 19.6 Å². The zero-order valence-corrected chi connectivity index (χ0v) is 10.4. The largest absolute Gasteiger partial charge is 0.356 e. The van der Waals surface area contributed by atoms with Crippen LogP contribution in [0.5, 0.6) is 0 Å². The third-order valence-electron chi connectivity index (χ3n) is 3.28. The van der Waals surface area contributed by atoms with Crippen LogP contribution in [-0.4, -0.2) is 18.1 Å². The van der Waals surface area contributed by atoms with Crippen LogP contribution in [0.25, 0.3) is 0 Å². The molecule has 2 N–H and O–H groups in total. The molecule has 2 rings (SSSR count). The molecule has 0 radical (unpaired) electrons. The van der Waals surface area contributed by atoms with Gasteiger partial charge in [-0.3, -0.25) is 0 Å². The second kappa shape index (κ2) is 5.02. The summed E-state index contributed by atoms with van der Waals surface area (Å²) in [6.45, 7) is 4.85. The van der Waals surface area contributed by atoms with Gasteiger partial charge < -0.3 is 10.6 Å². The molecule has 1 atom stereocenters. The number of halogens is 1. The van der Waals surface area contributed by atoms with Crippen LogP contribution in [0.15, 0.2) is 12.1 Å². The number of nitrogens with zero attached hydrogens (tertiary/aromatic N) is 2. The first-order chi connectivity index (χ1) is 7.74. The van der Waals surface area contributed by atoms with Crippen molar-refractivity contribution in [1.29, 1.82) is 0 Å². The summed E-state index contributed by atoms with van der Waals surface area (Å²) < 4.78 is 0. The molecule has 0 spiro atoms. The van der Waals surface area contributed by atoms with Crippen molar-refractivity contribution >= 4 is 17.4 Å². The minimum absolute atomic E-state index is 0.401. The average molecular weight is 240 g/mol. The molecule has 3 nitrogen and oxygen atoms in total. The fraction of sp³-hybridized carbons (Fsp3) is 0.583. The van der Waals surface area contributed by atoms with E-state index in [-0.39, 0.29) is 0 Å². The molecule has 1 unspecified atom stereocenters. The molecule has 0 aliphatic carbocycles. The van der Waals surface area contributed by atoms with E-state index in [1.165, 1.54) is 12.8 Å². The van der Waals surface area contributed by atoms with E-state index in [1.807, 2.05) is 12.1 Å². The first-order valence-corrected chi connectivity index (χ1v) is 6.22. The molecule has 1 aromatic rings. The number of nitrogens with two attached hydrogens (primary N) is 1. The van der Waals surface area contributed by atoms with E-state index < -0.39 is 0 Å². The van der Waals surface area contributed by atoms with Gasteiger partial charge in [-0.1, -0.05) is 24.9 Å². The van der Waals surface area contributed by atoms with Crippen LogP contribution in [0.4, 0.5) is 5.82 Å². The van der Waals surface area contributed by atoms with Crippen LogP contribution >= 0.6 is 11.6 Å². The van der Waals surface area contributed by atoms with Crippen molar-refractivity contribution in [3.05, 3.63) is 22.8 Å². The lowest BCUT2D eigenvalue weighted by atomic mass is 10.1. The summed E-state index contributed by atoms with van der Waals surface area (Å²) in [5.41, 5.74) is 6.40. The number of hydrogen-bond acceptors (Lipinski definition) is 3. The number of anilines is 1. The van der Waals surface area contributed by atoms with E-state index in [2.05, 4.69) is 16.8 Å². The quantitative estimate of drug-likeness (QED) is 0.881. The molecule has 1 saturated heterocycles. The maximum absolute atomic E-state index is 6.00. The van der Waals surface area contributed by atoms with Crippen molar-refractivity contribution in [2.24, 2.45) is 11.7 Å². The molecule has 2 heterocycles. The standard InChI is InChI=1S/C12H18ClN3/c1-2-9-5-6-16(8-9)12-4-3-10(13)11(7-14)15-12/h3-4,9H,2,5-8,14H2,1H3. The Labute approximate surface area is 102 Å². The van der Waals surface area contributed by atoms with Crippen molar-refractivity contribution in [2.45, 2.75) is 26.3 Å². The zero-order chi connectivity index (χ0) is 11.5. The highest BCUT2D eigenvalue weighted by molar-refractivity contribution is 6.31. The second-order valence-corrected chi connectivity index (χ2v) is 4.72. The third kappa shape index (κ3) is 2.30. The topological polar surface area (TPSA) is 42.1 Å². The lowest BCUT2D eigenvalue weighted by molar-refractivity contribution is 0.568. The van der Waals surface area contributed by atoms with Crippen LogP contribution < -0.4 is 10.6 Å². The highest BCUT2D eigenvalue weighted by atomic mass is 35.5. The number of rotatable bonds is 3. The van der Waals surface area contributed by atoms with E-state index in [0.717, 1.165) is 30.5 Å². The number of aromatic nitrogens is 1. The van der Waals surface area contributed by atoms with Gasteiger partial charge in [-0.25, -0.2) is 4.98 Å². The van der Waals surface area contributed by atoms with Gasteiger partial charge in [0.1, 0.15) is 5.82 Å². The Morgan fingerprint density at radius 3 is 3.00 bits per heavy atom. The molecule has 1 fully saturated rings. The summed E-state index contributed by atoms with van der Waals surface area (Å²) in [6.07, 6.45) is 2.51. The molecular weight excluding hydrogens is 222 g/mol. The lowest BCUT2D eigenvalue weighted by Crippen LogP contribution is -2.21. The highest BCUT2D eigenvalue weighted by Gasteiger charge is 2.22. The van der Waals surface area contributed by atoms with Crippen molar-refractivity contribution in [1.82, 2.24) is 4.98 Å². The van der Waals surface area contributed by atoms with E-state index in [1.54, 1.807) is 0 Å². The minimum atomic E-state index is 0.401. The van der Waals surface area contributed by atoms with Gasteiger partial charge >= 0.3 is 0 Å². The SMILES string of the molecule is CCC1CCN(c2ccc(Cl)c(CN)n2)C1. The summed E-state index contributed by atoms with van der Waals surface area (Å²) in [4.78, 5) is 6.83. The average Bonchev–Trinajstić information content (AvgIpc) is 2.78. The summed E-state index contributed by atoms with van der Waals surface area (Å²) in [7, 11) is 0. The molecule has 0 amide bonds. The second-order valence-electron chi connectivity index (χ2n) is 4.31. The molecule has 0 bridgehead atoms. The number of pyridine rings is 1. The maximum atomic E-state index is 6.00. The molecule has 1 aliphatic rings. The molecule has 0 saturated carbocycles. The molecule has 0 aromatic carbocycles. The highest BCUT2D eigenvalue weighted by Crippen LogP contribution is 2.26. The van der Waals surface area contributed by atoms with Gasteiger partial charge in [0.05, 0.1) is 10.7 Å². The number of hydrogen-bond donors (Lipinski definition) is 1. The van der Waals surface area contributed by atoms with Crippen LogP contribution in [-0.2, 0) is 6.54 Å². The first-order valence-electron chi connectivity index (χ1n) is 5.85. The van der Waals surface area contributed by atoms with Crippen molar-refractivity contribution in [3.8, 4) is 0 Å². The summed E-state index contributed by atoms with van der Waals surface area (Å²) in [5.74, 6) is 1.82. The van der Waals surface area contributed by atoms with Crippen LogP contribution in [0.3, 0.4) is 0 Å². The Morgan fingerprint density at radius 2 is 2.38 bits per heavy atom. The van der Waals surface area contributed by atoms with Crippen LogP contribution in [0.2, 0.25) is 5.02 Å². The summed E-state index contributed by atoms with van der Waals surface area (Å²) >= 11 is 6.00. The Kier molecular flexibility index (Phi) is 3.66. The van der Waals surface area contributed by atoms with Gasteiger partial charge in [-0.15, -0.1) is 0 Å². The molecule has 4 heteroatoms. The van der Waals surface area contributed by atoms with Crippen molar-refractivity contribution < 1.29 is 0 Å². The Bertz CT molecular complexity index is 367. The van der Waals surface area contributed by atoms with Crippen molar-refractivity contribution in [2.75, 3.05) is 18.0 Å².